The molecule has 3 rings (SSSR count). The van der Waals surface area contributed by atoms with Gasteiger partial charge in [-0.05, 0) is 60.5 Å². The van der Waals surface area contributed by atoms with Gasteiger partial charge in [0.15, 0.2) is 0 Å². The van der Waals surface area contributed by atoms with Crippen LogP contribution in [-0.4, -0.2) is 64.9 Å². The Hall–Kier alpha value is -3.47. The van der Waals surface area contributed by atoms with E-state index < -0.39 is 16.1 Å². The number of methoxy groups -OCH3 is 2. The zero-order valence-electron chi connectivity index (χ0n) is 21.2. The minimum absolute atomic E-state index is 0.00349. The molecule has 0 aliphatic rings. The van der Waals surface area contributed by atoms with Crippen LogP contribution in [0, 0.1) is 0 Å². The van der Waals surface area contributed by atoms with Crippen molar-refractivity contribution in [2.24, 2.45) is 0 Å². The number of sulfonamides is 1. The predicted octanol–water partition coefficient (Wildman–Crippen LogP) is 3.33. The minimum atomic E-state index is -3.55. The summed E-state index contributed by atoms with van der Waals surface area (Å²) >= 11 is 0. The van der Waals surface area contributed by atoms with Crippen LogP contribution in [0.3, 0.4) is 0 Å². The standard InChI is InChI=1S/C27H34N2O7S/c1-34-22-8-4-19(5-9-22)25(20-6-10-23(35-2)11-7-20)14-15-28-17-21(30)18-36-24-12-13-27(31)26(16-24)29-37(3,32)33/h4-13,16,21,25,28-31H,14-15,17-18H2,1-3H3/t21-/m0/s1. The SMILES string of the molecule is COc1ccc(C(CCNC[C@H](O)COc2ccc(O)c(NS(C)(=O)=O)c2)c2ccc(OC)cc2)cc1. The molecular weight excluding hydrogens is 496 g/mol. The molecule has 200 valence electrons. The third-order valence-electron chi connectivity index (χ3n) is 5.73. The van der Waals surface area contributed by atoms with Gasteiger partial charge < -0.3 is 29.7 Å². The Morgan fingerprint density at radius 1 is 0.865 bits per heavy atom. The van der Waals surface area contributed by atoms with Crippen LogP contribution < -0.4 is 24.2 Å². The van der Waals surface area contributed by atoms with E-state index in [1.54, 1.807) is 14.2 Å². The fraction of sp³-hybridized carbons (Fsp3) is 0.333. The Morgan fingerprint density at radius 3 is 1.92 bits per heavy atom. The van der Waals surface area contributed by atoms with Crippen LogP contribution in [0.5, 0.6) is 23.0 Å². The average Bonchev–Trinajstić information content (AvgIpc) is 2.88. The van der Waals surface area contributed by atoms with E-state index in [1.165, 1.54) is 18.2 Å². The molecule has 0 saturated heterocycles. The fourth-order valence-corrected chi connectivity index (χ4v) is 4.41. The van der Waals surface area contributed by atoms with E-state index in [9.17, 15) is 18.6 Å². The highest BCUT2D eigenvalue weighted by molar-refractivity contribution is 7.92. The second kappa shape index (κ2) is 13.2. The molecule has 0 amide bonds. The lowest BCUT2D eigenvalue weighted by atomic mass is 9.88. The number of phenols is 1. The number of rotatable bonds is 14. The molecule has 0 bridgehead atoms. The highest BCUT2D eigenvalue weighted by Crippen LogP contribution is 2.31. The van der Waals surface area contributed by atoms with E-state index >= 15 is 0 Å². The molecule has 0 fully saturated rings. The lowest BCUT2D eigenvalue weighted by molar-refractivity contribution is 0.106. The predicted molar refractivity (Wildman–Crippen MR) is 143 cm³/mol. The fourth-order valence-electron chi connectivity index (χ4n) is 3.85. The van der Waals surface area contributed by atoms with Gasteiger partial charge >= 0.3 is 0 Å². The maximum absolute atomic E-state index is 11.4. The molecular formula is C27H34N2O7S. The van der Waals surface area contributed by atoms with Gasteiger partial charge in [-0.2, -0.15) is 0 Å². The van der Waals surface area contributed by atoms with Crippen LogP contribution in [0.4, 0.5) is 5.69 Å². The molecule has 0 saturated carbocycles. The Balaban J connectivity index is 1.54. The van der Waals surface area contributed by atoms with Crippen molar-refractivity contribution >= 4 is 15.7 Å². The first-order valence-electron chi connectivity index (χ1n) is 11.8. The van der Waals surface area contributed by atoms with Crippen molar-refractivity contribution in [3.63, 3.8) is 0 Å². The zero-order valence-corrected chi connectivity index (χ0v) is 22.0. The van der Waals surface area contributed by atoms with Gasteiger partial charge in [-0.3, -0.25) is 4.72 Å². The Morgan fingerprint density at radius 2 is 1.41 bits per heavy atom. The molecule has 0 aliphatic carbocycles. The third kappa shape index (κ3) is 8.85. The number of aliphatic hydroxyl groups is 1. The molecule has 0 heterocycles. The second-order valence-electron chi connectivity index (χ2n) is 8.61. The molecule has 10 heteroatoms. The largest absolute Gasteiger partial charge is 0.506 e. The molecule has 0 aromatic heterocycles. The van der Waals surface area contributed by atoms with Gasteiger partial charge in [-0.25, -0.2) is 8.42 Å². The summed E-state index contributed by atoms with van der Waals surface area (Å²) in [5, 5.41) is 23.5. The molecule has 37 heavy (non-hydrogen) atoms. The summed E-state index contributed by atoms with van der Waals surface area (Å²) in [6, 6.07) is 20.2. The monoisotopic (exact) mass is 530 g/mol. The van der Waals surface area contributed by atoms with Crippen LogP contribution in [0.25, 0.3) is 0 Å². The van der Waals surface area contributed by atoms with Gasteiger partial charge in [0.2, 0.25) is 10.0 Å². The summed E-state index contributed by atoms with van der Waals surface area (Å²) in [5.74, 6) is 1.83. The lowest BCUT2D eigenvalue weighted by Gasteiger charge is -2.20. The smallest absolute Gasteiger partial charge is 0.229 e. The molecule has 3 aromatic rings. The van der Waals surface area contributed by atoms with Crippen LogP contribution >= 0.6 is 0 Å². The van der Waals surface area contributed by atoms with Crippen molar-refractivity contribution in [2.45, 2.75) is 18.4 Å². The normalized spacial score (nSPS) is 12.2. The van der Waals surface area contributed by atoms with E-state index in [-0.39, 0.29) is 24.0 Å². The number of hydrogen-bond donors (Lipinski definition) is 4. The molecule has 0 aliphatic heterocycles. The van der Waals surface area contributed by atoms with Crippen molar-refractivity contribution in [2.75, 3.05) is 44.9 Å². The molecule has 3 aromatic carbocycles. The summed E-state index contributed by atoms with van der Waals surface area (Å²) in [7, 11) is -0.273. The molecule has 0 unspecified atom stereocenters. The van der Waals surface area contributed by atoms with E-state index in [2.05, 4.69) is 34.3 Å². The van der Waals surface area contributed by atoms with Gasteiger partial charge in [0.25, 0.3) is 0 Å². The van der Waals surface area contributed by atoms with E-state index in [0.717, 1.165) is 35.3 Å². The number of hydrogen-bond acceptors (Lipinski definition) is 8. The summed E-state index contributed by atoms with van der Waals surface area (Å²) < 4.78 is 41.3. The van der Waals surface area contributed by atoms with E-state index in [1.807, 2.05) is 24.3 Å². The topological polar surface area (TPSA) is 126 Å². The van der Waals surface area contributed by atoms with Crippen LogP contribution in [0.1, 0.15) is 23.5 Å². The molecule has 0 radical (unpaired) electrons. The Kier molecular flexibility index (Phi) is 10.0. The summed E-state index contributed by atoms with van der Waals surface area (Å²) in [6.07, 6.45) is 0.995. The summed E-state index contributed by atoms with van der Waals surface area (Å²) in [4.78, 5) is 0. The summed E-state index contributed by atoms with van der Waals surface area (Å²) in [5.41, 5.74) is 2.32. The maximum atomic E-state index is 11.4. The number of phenolic OH excluding ortho intramolecular Hbond substituents is 1. The van der Waals surface area contributed by atoms with Crippen LogP contribution in [0.15, 0.2) is 66.7 Å². The average molecular weight is 531 g/mol. The zero-order chi connectivity index (χ0) is 26.8. The van der Waals surface area contributed by atoms with E-state index in [4.69, 9.17) is 14.2 Å². The number of anilines is 1. The van der Waals surface area contributed by atoms with Gasteiger partial charge in [-0.15, -0.1) is 0 Å². The van der Waals surface area contributed by atoms with Gasteiger partial charge in [0, 0.05) is 18.5 Å². The highest BCUT2D eigenvalue weighted by Gasteiger charge is 2.15. The molecule has 1 atom stereocenters. The second-order valence-corrected chi connectivity index (χ2v) is 10.4. The molecule has 4 N–H and O–H groups in total. The van der Waals surface area contributed by atoms with Crippen molar-refractivity contribution < 1.29 is 32.8 Å². The quantitative estimate of drug-likeness (QED) is 0.185. The van der Waals surface area contributed by atoms with Gasteiger partial charge in [-0.1, -0.05) is 24.3 Å². The van der Waals surface area contributed by atoms with E-state index in [0.29, 0.717) is 18.8 Å². The minimum Gasteiger partial charge on any atom is -0.506 e. The van der Waals surface area contributed by atoms with Crippen molar-refractivity contribution in [1.82, 2.24) is 5.32 Å². The first-order chi connectivity index (χ1) is 17.7. The highest BCUT2D eigenvalue weighted by atomic mass is 32.2. The number of ether oxygens (including phenoxy) is 3. The van der Waals surface area contributed by atoms with Crippen molar-refractivity contribution in [3.05, 3.63) is 77.9 Å². The molecule has 9 nitrogen and oxygen atoms in total. The summed E-state index contributed by atoms with van der Waals surface area (Å²) in [6.45, 7) is 0.961. The van der Waals surface area contributed by atoms with Gasteiger partial charge in [0.05, 0.1) is 26.2 Å². The molecule has 0 spiro atoms. The maximum Gasteiger partial charge on any atom is 0.229 e. The lowest BCUT2D eigenvalue weighted by Crippen LogP contribution is -2.32. The van der Waals surface area contributed by atoms with Gasteiger partial charge in [0.1, 0.15) is 35.7 Å². The van der Waals surface area contributed by atoms with Crippen LogP contribution in [0.2, 0.25) is 0 Å². The number of aliphatic hydroxyl groups excluding tert-OH is 1. The first-order valence-corrected chi connectivity index (χ1v) is 13.7. The number of benzene rings is 3. The third-order valence-corrected chi connectivity index (χ3v) is 6.32. The Bertz CT molecular complexity index is 1190. The Labute approximate surface area is 218 Å². The van der Waals surface area contributed by atoms with Crippen molar-refractivity contribution in [1.29, 1.82) is 0 Å². The van der Waals surface area contributed by atoms with Crippen molar-refractivity contribution in [3.8, 4) is 23.0 Å². The van der Waals surface area contributed by atoms with Crippen LogP contribution in [-0.2, 0) is 10.0 Å². The first kappa shape index (κ1) is 28.1. The number of nitrogens with one attached hydrogen (secondary N) is 2. The number of aromatic hydroxyl groups is 1.